The first-order chi connectivity index (χ1) is 8.38. The van der Waals surface area contributed by atoms with E-state index in [-0.39, 0.29) is 10.5 Å². The minimum Gasteiger partial charge on any atom is -0.360 e. The van der Waals surface area contributed by atoms with Gasteiger partial charge in [0.05, 0.1) is 4.90 Å². The Morgan fingerprint density at radius 2 is 2.00 bits per heavy atom. The molecule has 0 fully saturated rings. The second kappa shape index (κ2) is 5.32. The van der Waals surface area contributed by atoms with Crippen LogP contribution in [0.25, 0.3) is 0 Å². The van der Waals surface area contributed by atoms with E-state index in [4.69, 9.17) is 15.1 Å². The minimum atomic E-state index is -4.23. The van der Waals surface area contributed by atoms with Gasteiger partial charge in [0.1, 0.15) is 17.7 Å². The van der Waals surface area contributed by atoms with Crippen molar-refractivity contribution in [2.24, 2.45) is 0 Å². The second-order valence-corrected chi connectivity index (χ2v) is 4.80. The maximum atomic E-state index is 10.9. The maximum absolute atomic E-state index is 10.9. The second-order valence-electron chi connectivity index (χ2n) is 3.38. The molecule has 1 aromatic rings. The lowest BCUT2D eigenvalue weighted by molar-refractivity contribution is 0.483. The summed E-state index contributed by atoms with van der Waals surface area (Å²) < 4.78 is 30.6. The number of aryl methyl sites for hydroxylation is 1. The SMILES string of the molecule is Cc1cc(S(=O)(=O)O)ccc1NC=C(C#N)C#N. The van der Waals surface area contributed by atoms with Gasteiger partial charge in [-0.3, -0.25) is 4.55 Å². The molecule has 0 bridgehead atoms. The number of nitrogens with zero attached hydrogens (tertiary/aromatic N) is 2. The van der Waals surface area contributed by atoms with Crippen molar-refractivity contribution in [2.75, 3.05) is 5.32 Å². The van der Waals surface area contributed by atoms with Crippen LogP contribution in [0.3, 0.4) is 0 Å². The van der Waals surface area contributed by atoms with Gasteiger partial charge in [0, 0.05) is 11.9 Å². The van der Waals surface area contributed by atoms with Crippen molar-refractivity contribution in [3.63, 3.8) is 0 Å². The number of rotatable bonds is 3. The first kappa shape index (κ1) is 13.7. The van der Waals surface area contributed by atoms with E-state index in [0.29, 0.717) is 11.3 Å². The lowest BCUT2D eigenvalue weighted by Crippen LogP contribution is -2.00. The van der Waals surface area contributed by atoms with Gasteiger partial charge in [0.25, 0.3) is 10.1 Å². The van der Waals surface area contributed by atoms with Crippen molar-refractivity contribution in [1.29, 1.82) is 10.5 Å². The molecule has 0 spiro atoms. The quantitative estimate of drug-likeness (QED) is 0.632. The fraction of sp³-hybridized carbons (Fsp3) is 0.0909. The van der Waals surface area contributed by atoms with E-state index in [2.05, 4.69) is 5.32 Å². The maximum Gasteiger partial charge on any atom is 0.294 e. The molecule has 7 heteroatoms. The smallest absolute Gasteiger partial charge is 0.294 e. The van der Waals surface area contributed by atoms with Gasteiger partial charge in [0.15, 0.2) is 0 Å². The molecular weight excluding hydrogens is 254 g/mol. The van der Waals surface area contributed by atoms with Crippen molar-refractivity contribution in [1.82, 2.24) is 0 Å². The molecule has 0 atom stereocenters. The van der Waals surface area contributed by atoms with E-state index < -0.39 is 10.1 Å². The number of allylic oxidation sites excluding steroid dienone is 1. The molecule has 0 aliphatic heterocycles. The van der Waals surface area contributed by atoms with Gasteiger partial charge in [-0.1, -0.05) is 0 Å². The molecule has 92 valence electrons. The van der Waals surface area contributed by atoms with Crippen molar-refractivity contribution in [3.05, 3.63) is 35.5 Å². The lowest BCUT2D eigenvalue weighted by atomic mass is 10.2. The Morgan fingerprint density at radius 1 is 1.39 bits per heavy atom. The van der Waals surface area contributed by atoms with Gasteiger partial charge in [0.2, 0.25) is 0 Å². The Hall–Kier alpha value is -2.35. The Bertz CT molecular complexity index is 662. The van der Waals surface area contributed by atoms with Gasteiger partial charge < -0.3 is 5.32 Å². The van der Waals surface area contributed by atoms with Crippen LogP contribution in [0.4, 0.5) is 5.69 Å². The van der Waals surface area contributed by atoms with Crippen LogP contribution in [0.1, 0.15) is 5.56 Å². The Kier molecular flexibility index (Phi) is 4.05. The van der Waals surface area contributed by atoms with Crippen LogP contribution in [-0.2, 0) is 10.1 Å². The molecule has 2 N–H and O–H groups in total. The highest BCUT2D eigenvalue weighted by molar-refractivity contribution is 7.85. The molecule has 1 aromatic carbocycles. The predicted molar refractivity (Wildman–Crippen MR) is 63.9 cm³/mol. The van der Waals surface area contributed by atoms with E-state index in [1.165, 1.54) is 24.4 Å². The van der Waals surface area contributed by atoms with Crippen LogP contribution in [0, 0.1) is 29.6 Å². The Morgan fingerprint density at radius 3 is 2.44 bits per heavy atom. The van der Waals surface area contributed by atoms with E-state index in [1.54, 1.807) is 19.1 Å². The highest BCUT2D eigenvalue weighted by Gasteiger charge is 2.10. The third kappa shape index (κ3) is 3.32. The normalized spacial score (nSPS) is 10.0. The molecule has 6 nitrogen and oxygen atoms in total. The fourth-order valence-corrected chi connectivity index (χ4v) is 1.76. The van der Waals surface area contributed by atoms with Gasteiger partial charge >= 0.3 is 0 Å². The zero-order valence-electron chi connectivity index (χ0n) is 9.38. The molecule has 0 saturated heterocycles. The van der Waals surface area contributed by atoms with Crippen molar-refractivity contribution >= 4 is 15.8 Å². The minimum absolute atomic E-state index is 0.103. The third-order valence-electron chi connectivity index (χ3n) is 2.11. The summed E-state index contributed by atoms with van der Waals surface area (Å²) in [5, 5.41) is 19.8. The first-order valence-electron chi connectivity index (χ1n) is 4.73. The standard InChI is InChI=1S/C11H9N3O3S/c1-8-4-10(18(15,16)17)2-3-11(8)14-7-9(5-12)6-13/h2-4,7,14H,1H3,(H,15,16,17). The number of hydrogen-bond acceptors (Lipinski definition) is 5. The van der Waals surface area contributed by atoms with Crippen LogP contribution in [-0.4, -0.2) is 13.0 Å². The highest BCUT2D eigenvalue weighted by Crippen LogP contribution is 2.19. The van der Waals surface area contributed by atoms with Crippen LogP contribution >= 0.6 is 0 Å². The van der Waals surface area contributed by atoms with Crippen LogP contribution < -0.4 is 5.32 Å². The van der Waals surface area contributed by atoms with Gasteiger partial charge in [-0.2, -0.15) is 18.9 Å². The number of nitriles is 2. The van der Waals surface area contributed by atoms with Gasteiger partial charge in [-0.15, -0.1) is 0 Å². The summed E-state index contributed by atoms with van der Waals surface area (Å²) in [6.45, 7) is 1.63. The summed E-state index contributed by atoms with van der Waals surface area (Å²) in [6, 6.07) is 7.29. The van der Waals surface area contributed by atoms with Crippen molar-refractivity contribution < 1.29 is 13.0 Å². The summed E-state index contributed by atoms with van der Waals surface area (Å²) >= 11 is 0. The molecule has 18 heavy (non-hydrogen) atoms. The average Bonchev–Trinajstić information content (AvgIpc) is 2.30. The molecular formula is C11H9N3O3S. The van der Waals surface area contributed by atoms with Crippen LogP contribution in [0.15, 0.2) is 34.9 Å². The van der Waals surface area contributed by atoms with E-state index in [0.717, 1.165) is 0 Å². The molecule has 1 rings (SSSR count). The predicted octanol–water partition coefficient (Wildman–Crippen LogP) is 1.58. The summed E-state index contributed by atoms with van der Waals surface area (Å²) in [4.78, 5) is -0.213. The Balaban J connectivity index is 3.06. The van der Waals surface area contributed by atoms with Crippen LogP contribution in [0.2, 0.25) is 0 Å². The summed E-state index contributed by atoms with van der Waals surface area (Å²) in [5.74, 6) is 0. The fourth-order valence-electron chi connectivity index (χ4n) is 1.20. The number of hydrogen-bond donors (Lipinski definition) is 2. The number of benzene rings is 1. The first-order valence-corrected chi connectivity index (χ1v) is 6.17. The lowest BCUT2D eigenvalue weighted by Gasteiger charge is -2.06. The number of nitrogens with one attached hydrogen (secondary N) is 1. The van der Waals surface area contributed by atoms with Gasteiger partial charge in [-0.25, -0.2) is 0 Å². The molecule has 0 aliphatic rings. The van der Waals surface area contributed by atoms with Crippen molar-refractivity contribution in [2.45, 2.75) is 11.8 Å². The largest absolute Gasteiger partial charge is 0.360 e. The molecule has 0 aliphatic carbocycles. The summed E-state index contributed by atoms with van der Waals surface area (Å²) in [6.07, 6.45) is 1.22. The van der Waals surface area contributed by atoms with E-state index in [1.807, 2.05) is 0 Å². The Labute approximate surface area is 105 Å². The van der Waals surface area contributed by atoms with Crippen LogP contribution in [0.5, 0.6) is 0 Å². The highest BCUT2D eigenvalue weighted by atomic mass is 32.2. The molecule has 0 radical (unpaired) electrons. The zero-order chi connectivity index (χ0) is 13.8. The summed E-state index contributed by atoms with van der Waals surface area (Å²) in [7, 11) is -4.23. The molecule has 0 aromatic heterocycles. The average molecular weight is 263 g/mol. The molecule has 0 unspecified atom stereocenters. The van der Waals surface area contributed by atoms with E-state index in [9.17, 15) is 8.42 Å². The number of anilines is 1. The topological polar surface area (TPSA) is 114 Å². The molecule has 0 amide bonds. The van der Waals surface area contributed by atoms with E-state index >= 15 is 0 Å². The van der Waals surface area contributed by atoms with Gasteiger partial charge in [-0.05, 0) is 30.7 Å². The third-order valence-corrected chi connectivity index (χ3v) is 2.96. The zero-order valence-corrected chi connectivity index (χ0v) is 10.2. The van der Waals surface area contributed by atoms with Crippen molar-refractivity contribution in [3.8, 4) is 12.1 Å². The monoisotopic (exact) mass is 263 g/mol. The summed E-state index contributed by atoms with van der Waals surface area (Å²) in [5.41, 5.74) is 0.982. The molecule has 0 heterocycles. The molecule has 0 saturated carbocycles.